The second-order valence-electron chi connectivity index (χ2n) is 8.48. The van der Waals surface area contributed by atoms with E-state index in [9.17, 15) is 18.0 Å². The molecule has 0 aliphatic carbocycles. The van der Waals surface area contributed by atoms with Gasteiger partial charge in [-0.25, -0.2) is 18.1 Å². The zero-order valence-electron chi connectivity index (χ0n) is 19.4. The number of halogens is 1. The van der Waals surface area contributed by atoms with Gasteiger partial charge in [0.25, 0.3) is 5.91 Å². The standard InChI is InChI=1S/C26H25N3O5S.ClH/c30-25-23-19-27(17-18-35(32,33)21-11-5-2-6-12-21)15-16-28(23)26(31)29(25)22-13-7-8-14-24(22)34-20-9-3-1-4-10-20;/h1-14,23H,15-19H2;1H. The minimum atomic E-state index is -3.43. The largest absolute Gasteiger partial charge is 0.455 e. The number of piperazine rings is 1. The minimum absolute atomic E-state index is 0. The van der Waals surface area contributed by atoms with E-state index in [0.717, 1.165) is 0 Å². The summed E-state index contributed by atoms with van der Waals surface area (Å²) in [4.78, 5) is 31.6. The summed E-state index contributed by atoms with van der Waals surface area (Å²) in [5, 5.41) is 0. The van der Waals surface area contributed by atoms with Crippen LogP contribution in [0.1, 0.15) is 0 Å². The molecule has 2 saturated heterocycles. The number of fused-ring (bicyclic) bond motifs is 1. The van der Waals surface area contributed by atoms with Crippen LogP contribution in [0.25, 0.3) is 0 Å². The zero-order chi connectivity index (χ0) is 24.4. The van der Waals surface area contributed by atoms with Crippen LogP contribution in [0.5, 0.6) is 11.5 Å². The monoisotopic (exact) mass is 527 g/mol. The molecule has 10 heteroatoms. The number of ether oxygens (including phenoxy) is 1. The summed E-state index contributed by atoms with van der Waals surface area (Å²) in [5.74, 6) is 0.618. The van der Waals surface area contributed by atoms with Crippen molar-refractivity contribution < 1.29 is 22.7 Å². The molecule has 0 bridgehead atoms. The Morgan fingerprint density at radius 2 is 1.47 bits per heavy atom. The summed E-state index contributed by atoms with van der Waals surface area (Å²) in [7, 11) is -3.43. The van der Waals surface area contributed by atoms with Crippen LogP contribution in [0.4, 0.5) is 10.5 Å². The highest BCUT2D eigenvalue weighted by Crippen LogP contribution is 2.36. The Balaban J connectivity index is 0.00000304. The molecule has 2 fully saturated rings. The number of nitrogens with zero attached hydrogens (tertiary/aromatic N) is 3. The number of sulfone groups is 1. The van der Waals surface area contributed by atoms with E-state index in [1.165, 1.54) is 4.90 Å². The molecule has 0 radical (unpaired) electrons. The number of amides is 3. The SMILES string of the molecule is Cl.O=C1C2CN(CCS(=O)(=O)c3ccccc3)CCN2C(=O)N1c1ccccc1Oc1ccccc1. The zero-order valence-corrected chi connectivity index (χ0v) is 21.0. The molecule has 0 spiro atoms. The maximum absolute atomic E-state index is 13.4. The Bertz CT molecular complexity index is 1340. The number of hydrogen-bond donors (Lipinski definition) is 0. The lowest BCUT2D eigenvalue weighted by Gasteiger charge is -2.35. The van der Waals surface area contributed by atoms with Crippen molar-refractivity contribution in [1.29, 1.82) is 0 Å². The lowest BCUT2D eigenvalue weighted by atomic mass is 10.2. The molecule has 5 rings (SSSR count). The lowest BCUT2D eigenvalue weighted by molar-refractivity contribution is -0.121. The van der Waals surface area contributed by atoms with Gasteiger partial charge in [0.05, 0.1) is 16.3 Å². The maximum atomic E-state index is 13.4. The van der Waals surface area contributed by atoms with Crippen LogP contribution < -0.4 is 9.64 Å². The Morgan fingerprint density at radius 3 is 2.19 bits per heavy atom. The van der Waals surface area contributed by atoms with Gasteiger partial charge in [0.15, 0.2) is 15.6 Å². The van der Waals surface area contributed by atoms with Crippen LogP contribution >= 0.6 is 12.4 Å². The molecule has 2 aliphatic heterocycles. The number of rotatable bonds is 7. The first-order chi connectivity index (χ1) is 16.9. The van der Waals surface area contributed by atoms with Gasteiger partial charge >= 0.3 is 6.03 Å². The fourth-order valence-electron chi connectivity index (χ4n) is 4.42. The molecule has 0 N–H and O–H groups in total. The Hall–Kier alpha value is -3.40. The third-order valence-electron chi connectivity index (χ3n) is 6.26. The van der Waals surface area contributed by atoms with E-state index < -0.39 is 15.9 Å². The van der Waals surface area contributed by atoms with Crippen LogP contribution in [-0.4, -0.2) is 68.1 Å². The van der Waals surface area contributed by atoms with E-state index in [4.69, 9.17) is 4.74 Å². The van der Waals surface area contributed by atoms with Gasteiger partial charge in [-0.05, 0) is 36.4 Å². The Kier molecular flexibility index (Phi) is 7.63. The van der Waals surface area contributed by atoms with Crippen molar-refractivity contribution in [2.45, 2.75) is 10.9 Å². The van der Waals surface area contributed by atoms with E-state index in [0.29, 0.717) is 30.3 Å². The number of imide groups is 1. The molecule has 3 aromatic rings. The van der Waals surface area contributed by atoms with E-state index in [1.807, 2.05) is 23.1 Å². The van der Waals surface area contributed by atoms with Crippen molar-refractivity contribution in [2.24, 2.45) is 0 Å². The van der Waals surface area contributed by atoms with Gasteiger partial charge in [-0.15, -0.1) is 12.4 Å². The lowest BCUT2D eigenvalue weighted by Crippen LogP contribution is -2.53. The molecule has 0 aromatic heterocycles. The van der Waals surface area contributed by atoms with Crippen molar-refractivity contribution in [3.8, 4) is 11.5 Å². The summed E-state index contributed by atoms with van der Waals surface area (Å²) in [6.45, 7) is 1.42. The molecular formula is C26H26ClN3O5S. The topological polar surface area (TPSA) is 87.2 Å². The van der Waals surface area contributed by atoms with Crippen LogP contribution in [0.2, 0.25) is 0 Å². The van der Waals surface area contributed by atoms with Crippen molar-refractivity contribution in [2.75, 3.05) is 36.8 Å². The van der Waals surface area contributed by atoms with Crippen LogP contribution in [0.15, 0.2) is 89.8 Å². The summed E-state index contributed by atoms with van der Waals surface area (Å²) in [6, 6.07) is 23.4. The third-order valence-corrected chi connectivity index (χ3v) is 7.97. The molecular weight excluding hydrogens is 502 g/mol. The highest BCUT2D eigenvalue weighted by Gasteiger charge is 2.49. The molecule has 3 aromatic carbocycles. The fourth-order valence-corrected chi connectivity index (χ4v) is 5.72. The van der Waals surface area contributed by atoms with Crippen LogP contribution in [0, 0.1) is 0 Å². The number of benzene rings is 3. The summed E-state index contributed by atoms with van der Waals surface area (Å²) >= 11 is 0. The minimum Gasteiger partial charge on any atom is -0.455 e. The van der Waals surface area contributed by atoms with Gasteiger partial charge in [-0.3, -0.25) is 9.69 Å². The highest BCUT2D eigenvalue weighted by atomic mass is 35.5. The molecule has 1 unspecified atom stereocenters. The first-order valence-electron chi connectivity index (χ1n) is 11.4. The van der Waals surface area contributed by atoms with Crippen LogP contribution in [0.3, 0.4) is 0 Å². The van der Waals surface area contributed by atoms with E-state index in [-0.39, 0.29) is 48.1 Å². The van der Waals surface area contributed by atoms with Crippen molar-refractivity contribution >= 4 is 39.9 Å². The second-order valence-corrected chi connectivity index (χ2v) is 10.6. The van der Waals surface area contributed by atoms with Gasteiger partial charge in [0.1, 0.15) is 11.8 Å². The smallest absolute Gasteiger partial charge is 0.332 e. The van der Waals surface area contributed by atoms with E-state index in [1.54, 1.807) is 71.6 Å². The van der Waals surface area contributed by atoms with Gasteiger partial charge in [-0.1, -0.05) is 48.5 Å². The summed E-state index contributed by atoms with van der Waals surface area (Å²) in [5.41, 5.74) is 0.388. The average molecular weight is 528 g/mol. The number of para-hydroxylation sites is 3. The van der Waals surface area contributed by atoms with Gasteiger partial charge in [-0.2, -0.15) is 0 Å². The van der Waals surface area contributed by atoms with Crippen molar-refractivity contribution in [3.05, 3.63) is 84.9 Å². The number of carbonyl (C=O) groups excluding carboxylic acids is 2. The predicted octanol–water partition coefficient (Wildman–Crippen LogP) is 3.83. The highest BCUT2D eigenvalue weighted by molar-refractivity contribution is 7.91. The number of urea groups is 1. The van der Waals surface area contributed by atoms with E-state index in [2.05, 4.69) is 0 Å². The van der Waals surface area contributed by atoms with Crippen molar-refractivity contribution in [1.82, 2.24) is 9.80 Å². The number of anilines is 1. The van der Waals surface area contributed by atoms with Gasteiger partial charge < -0.3 is 9.64 Å². The first-order valence-corrected chi connectivity index (χ1v) is 13.1. The quantitative estimate of drug-likeness (QED) is 0.434. The number of hydrogen-bond acceptors (Lipinski definition) is 6. The fraction of sp³-hybridized carbons (Fsp3) is 0.231. The Morgan fingerprint density at radius 1 is 0.833 bits per heavy atom. The first kappa shape index (κ1) is 25.7. The molecule has 2 aliphatic rings. The van der Waals surface area contributed by atoms with Crippen molar-refractivity contribution in [3.63, 3.8) is 0 Å². The van der Waals surface area contributed by atoms with Crippen LogP contribution in [-0.2, 0) is 14.6 Å². The maximum Gasteiger partial charge on any atom is 0.332 e. The number of carbonyl (C=O) groups is 2. The summed E-state index contributed by atoms with van der Waals surface area (Å²) in [6.07, 6.45) is 0. The molecule has 36 heavy (non-hydrogen) atoms. The normalized spacial score (nSPS) is 18.1. The van der Waals surface area contributed by atoms with Gasteiger partial charge in [0, 0.05) is 26.2 Å². The third kappa shape index (κ3) is 5.09. The molecule has 2 heterocycles. The molecule has 0 saturated carbocycles. The summed E-state index contributed by atoms with van der Waals surface area (Å²) < 4.78 is 31.3. The molecule has 8 nitrogen and oxygen atoms in total. The Labute approximate surface area is 216 Å². The molecule has 3 amide bonds. The van der Waals surface area contributed by atoms with Gasteiger partial charge in [0.2, 0.25) is 0 Å². The predicted molar refractivity (Wildman–Crippen MR) is 139 cm³/mol. The van der Waals surface area contributed by atoms with E-state index >= 15 is 0 Å². The molecule has 188 valence electrons. The average Bonchev–Trinajstić information content (AvgIpc) is 3.13. The second kappa shape index (κ2) is 10.7. The molecule has 1 atom stereocenters.